The Balaban J connectivity index is 1.93. The molecule has 0 aliphatic heterocycles. The highest BCUT2D eigenvalue weighted by Crippen LogP contribution is 2.19. The Morgan fingerprint density at radius 3 is 2.60 bits per heavy atom. The van der Waals surface area contributed by atoms with Crippen LogP contribution in [0, 0.1) is 12.8 Å². The molecule has 106 valence electrons. The lowest BCUT2D eigenvalue weighted by Crippen LogP contribution is -2.19. The number of rotatable bonds is 6. The number of pyridine rings is 1. The van der Waals surface area contributed by atoms with Crippen molar-refractivity contribution < 1.29 is 4.74 Å². The summed E-state index contributed by atoms with van der Waals surface area (Å²) in [6, 6.07) is 4.02. The highest BCUT2D eigenvalue weighted by molar-refractivity contribution is 5.28. The third-order valence-electron chi connectivity index (χ3n) is 2.72. The molecule has 0 atom stereocenters. The molecule has 2 aromatic rings. The number of aromatic nitrogens is 3. The Hall–Kier alpha value is -2.01. The molecule has 2 heterocycles. The van der Waals surface area contributed by atoms with Crippen LogP contribution in [0.1, 0.15) is 25.1 Å². The lowest BCUT2D eigenvalue weighted by Gasteiger charge is -2.08. The average Bonchev–Trinajstić information content (AvgIpc) is 2.43. The molecule has 0 saturated heterocycles. The minimum atomic E-state index is 0.341. The van der Waals surface area contributed by atoms with E-state index >= 15 is 0 Å². The molecular formula is C15H20N4O. The molecule has 0 fully saturated rings. The minimum absolute atomic E-state index is 0.341. The van der Waals surface area contributed by atoms with Crippen LogP contribution in [0.4, 0.5) is 0 Å². The van der Waals surface area contributed by atoms with Gasteiger partial charge >= 0.3 is 6.01 Å². The van der Waals surface area contributed by atoms with Gasteiger partial charge in [-0.1, -0.05) is 13.8 Å². The molecular weight excluding hydrogens is 252 g/mol. The van der Waals surface area contributed by atoms with E-state index in [0.717, 1.165) is 24.3 Å². The lowest BCUT2D eigenvalue weighted by atomic mass is 10.2. The van der Waals surface area contributed by atoms with Crippen molar-refractivity contribution >= 4 is 0 Å². The first-order valence-corrected chi connectivity index (χ1v) is 6.76. The summed E-state index contributed by atoms with van der Waals surface area (Å²) in [5.74, 6) is 1.31. The largest absolute Gasteiger partial charge is 0.422 e. The third-order valence-corrected chi connectivity index (χ3v) is 2.72. The third kappa shape index (κ3) is 4.28. The van der Waals surface area contributed by atoms with Crippen molar-refractivity contribution in [1.29, 1.82) is 0 Å². The summed E-state index contributed by atoms with van der Waals surface area (Å²) >= 11 is 0. The zero-order valence-electron chi connectivity index (χ0n) is 12.1. The molecule has 20 heavy (non-hydrogen) atoms. The molecule has 0 unspecified atom stereocenters. The van der Waals surface area contributed by atoms with E-state index in [1.54, 1.807) is 18.6 Å². The van der Waals surface area contributed by atoms with Crippen molar-refractivity contribution in [3.63, 3.8) is 0 Å². The standard InChI is InChI=1S/C15H20N4O/c1-11(2)7-16-8-13-9-18-15(19-10-13)20-14-5-4-6-17-12(14)3/h4-6,9-11,16H,7-8H2,1-3H3. The van der Waals surface area contributed by atoms with E-state index in [2.05, 4.69) is 34.1 Å². The highest BCUT2D eigenvalue weighted by atomic mass is 16.5. The quantitative estimate of drug-likeness (QED) is 0.876. The molecule has 2 aromatic heterocycles. The van der Waals surface area contributed by atoms with Crippen molar-refractivity contribution in [1.82, 2.24) is 20.3 Å². The van der Waals surface area contributed by atoms with E-state index < -0.39 is 0 Å². The lowest BCUT2D eigenvalue weighted by molar-refractivity contribution is 0.434. The van der Waals surface area contributed by atoms with Crippen LogP contribution in [0.2, 0.25) is 0 Å². The van der Waals surface area contributed by atoms with Crippen LogP contribution in [-0.2, 0) is 6.54 Å². The maximum atomic E-state index is 5.60. The van der Waals surface area contributed by atoms with Gasteiger partial charge in [-0.15, -0.1) is 0 Å². The first kappa shape index (κ1) is 14.4. The Kier molecular flexibility index (Phi) is 5.01. The van der Waals surface area contributed by atoms with Gasteiger partial charge in [0, 0.05) is 30.7 Å². The fraction of sp³-hybridized carbons (Fsp3) is 0.400. The van der Waals surface area contributed by atoms with Gasteiger partial charge in [0.15, 0.2) is 5.75 Å². The number of ether oxygens (including phenoxy) is 1. The summed E-state index contributed by atoms with van der Waals surface area (Å²) < 4.78 is 5.60. The van der Waals surface area contributed by atoms with Crippen LogP contribution >= 0.6 is 0 Å². The number of hydrogen-bond acceptors (Lipinski definition) is 5. The molecule has 0 spiro atoms. The van der Waals surface area contributed by atoms with E-state index in [4.69, 9.17) is 4.74 Å². The summed E-state index contributed by atoms with van der Waals surface area (Å²) in [6.45, 7) is 7.99. The van der Waals surface area contributed by atoms with Crippen LogP contribution in [0.25, 0.3) is 0 Å². The summed E-state index contributed by atoms with van der Waals surface area (Å²) in [4.78, 5) is 12.6. The van der Waals surface area contributed by atoms with Gasteiger partial charge in [-0.25, -0.2) is 9.97 Å². The van der Waals surface area contributed by atoms with Gasteiger partial charge in [0.05, 0.1) is 5.69 Å². The molecule has 1 N–H and O–H groups in total. The Morgan fingerprint density at radius 1 is 1.20 bits per heavy atom. The number of aryl methyl sites for hydroxylation is 1. The summed E-state index contributed by atoms with van der Waals surface area (Å²) in [7, 11) is 0. The Bertz CT molecular complexity index is 540. The second-order valence-corrected chi connectivity index (χ2v) is 5.09. The molecule has 5 heteroatoms. The van der Waals surface area contributed by atoms with Crippen LogP contribution < -0.4 is 10.1 Å². The van der Waals surface area contributed by atoms with Crippen molar-refractivity contribution in [3.05, 3.63) is 42.0 Å². The highest BCUT2D eigenvalue weighted by Gasteiger charge is 2.04. The van der Waals surface area contributed by atoms with Gasteiger partial charge in [0.1, 0.15) is 0 Å². The van der Waals surface area contributed by atoms with Crippen molar-refractivity contribution in [2.45, 2.75) is 27.3 Å². The zero-order valence-corrected chi connectivity index (χ0v) is 12.1. The first-order chi connectivity index (χ1) is 9.65. The van der Waals surface area contributed by atoms with Crippen molar-refractivity contribution in [2.75, 3.05) is 6.54 Å². The van der Waals surface area contributed by atoms with Gasteiger partial charge in [0.2, 0.25) is 0 Å². The second kappa shape index (κ2) is 6.96. The van der Waals surface area contributed by atoms with Crippen LogP contribution in [-0.4, -0.2) is 21.5 Å². The number of nitrogens with one attached hydrogen (secondary N) is 1. The van der Waals surface area contributed by atoms with Gasteiger partial charge in [-0.05, 0) is 31.5 Å². The smallest absolute Gasteiger partial charge is 0.321 e. The van der Waals surface area contributed by atoms with Crippen LogP contribution in [0.5, 0.6) is 11.8 Å². The molecule has 5 nitrogen and oxygen atoms in total. The average molecular weight is 272 g/mol. The van der Waals surface area contributed by atoms with E-state index in [1.165, 1.54) is 0 Å². The summed E-state index contributed by atoms with van der Waals surface area (Å²) in [6.07, 6.45) is 5.29. The van der Waals surface area contributed by atoms with Gasteiger partial charge < -0.3 is 10.1 Å². The van der Waals surface area contributed by atoms with Crippen molar-refractivity contribution in [2.24, 2.45) is 5.92 Å². The molecule has 0 amide bonds. The van der Waals surface area contributed by atoms with Gasteiger partial charge in [-0.3, -0.25) is 4.98 Å². The van der Waals surface area contributed by atoms with E-state index in [9.17, 15) is 0 Å². The predicted octanol–water partition coefficient (Wildman–Crippen LogP) is 2.72. The number of nitrogens with zero attached hydrogens (tertiary/aromatic N) is 3. The number of hydrogen-bond donors (Lipinski definition) is 1. The molecule has 0 aliphatic carbocycles. The molecule has 0 aromatic carbocycles. The monoisotopic (exact) mass is 272 g/mol. The first-order valence-electron chi connectivity index (χ1n) is 6.76. The minimum Gasteiger partial charge on any atom is -0.422 e. The second-order valence-electron chi connectivity index (χ2n) is 5.09. The van der Waals surface area contributed by atoms with Crippen LogP contribution in [0.15, 0.2) is 30.7 Å². The molecule has 2 rings (SSSR count). The van der Waals surface area contributed by atoms with Crippen LogP contribution in [0.3, 0.4) is 0 Å². The molecule has 0 radical (unpaired) electrons. The predicted molar refractivity (Wildman–Crippen MR) is 77.6 cm³/mol. The Labute approximate surface area is 119 Å². The summed E-state index contributed by atoms with van der Waals surface area (Å²) in [5, 5.41) is 3.35. The fourth-order valence-electron chi connectivity index (χ4n) is 1.67. The SMILES string of the molecule is Cc1ncccc1Oc1ncc(CNCC(C)C)cn1. The van der Waals surface area contributed by atoms with E-state index in [1.807, 2.05) is 19.1 Å². The molecule has 0 saturated carbocycles. The van der Waals surface area contributed by atoms with E-state index in [0.29, 0.717) is 17.7 Å². The maximum absolute atomic E-state index is 5.60. The normalized spacial score (nSPS) is 10.8. The Morgan fingerprint density at radius 2 is 1.95 bits per heavy atom. The van der Waals surface area contributed by atoms with Crippen molar-refractivity contribution in [3.8, 4) is 11.8 Å². The van der Waals surface area contributed by atoms with Gasteiger partial charge in [-0.2, -0.15) is 0 Å². The zero-order chi connectivity index (χ0) is 14.4. The molecule has 0 aliphatic rings. The molecule has 0 bridgehead atoms. The van der Waals surface area contributed by atoms with E-state index in [-0.39, 0.29) is 0 Å². The fourth-order valence-corrected chi connectivity index (χ4v) is 1.67. The topological polar surface area (TPSA) is 59.9 Å². The summed E-state index contributed by atoms with van der Waals surface area (Å²) in [5.41, 5.74) is 1.86. The van der Waals surface area contributed by atoms with Gasteiger partial charge in [0.25, 0.3) is 0 Å². The maximum Gasteiger partial charge on any atom is 0.321 e.